The van der Waals surface area contributed by atoms with Crippen LogP contribution in [-0.2, 0) is 22.9 Å². The summed E-state index contributed by atoms with van der Waals surface area (Å²) in [4.78, 5) is 13.9. The average molecular weight is 352 g/mol. The Morgan fingerprint density at radius 2 is 2.04 bits per heavy atom. The molecule has 2 aromatic heterocycles. The van der Waals surface area contributed by atoms with Crippen molar-refractivity contribution in [2.45, 2.75) is 38.1 Å². The predicted molar refractivity (Wildman–Crippen MR) is 92.7 cm³/mol. The van der Waals surface area contributed by atoms with Crippen molar-refractivity contribution in [3.05, 3.63) is 16.8 Å². The number of anilines is 1. The van der Waals surface area contributed by atoms with E-state index in [1.165, 1.54) is 28.5 Å². The third-order valence-corrected chi connectivity index (χ3v) is 6.62. The van der Waals surface area contributed by atoms with E-state index in [0.717, 1.165) is 49.4 Å². The predicted octanol–water partition coefficient (Wildman–Crippen LogP) is 1.70. The van der Waals surface area contributed by atoms with Crippen LogP contribution in [-0.4, -0.2) is 43.8 Å². The van der Waals surface area contributed by atoms with Crippen LogP contribution in [0.1, 0.15) is 29.7 Å². The number of nitrogens with zero attached hydrogens (tertiary/aromatic N) is 3. The molecular formula is C15H20N4O2S2. The first-order valence-electron chi connectivity index (χ1n) is 7.99. The maximum Gasteiger partial charge on any atom is 0.208 e. The fraction of sp³-hybridized carbons (Fsp3) is 0.600. The van der Waals surface area contributed by atoms with Gasteiger partial charge in [-0.15, -0.1) is 11.3 Å². The third-order valence-electron chi connectivity index (χ3n) is 4.66. The lowest BCUT2D eigenvalue weighted by molar-refractivity contribution is 0.460. The average Bonchev–Trinajstić information content (AvgIpc) is 3.06. The monoisotopic (exact) mass is 352 g/mol. The molecule has 0 spiro atoms. The van der Waals surface area contributed by atoms with Crippen LogP contribution < -0.4 is 9.62 Å². The number of thiophene rings is 1. The number of hydrogen-bond donors (Lipinski definition) is 1. The van der Waals surface area contributed by atoms with Gasteiger partial charge in [-0.3, -0.25) is 0 Å². The normalized spacial score (nSPS) is 19.4. The fourth-order valence-corrected chi connectivity index (χ4v) is 5.73. The molecule has 8 heteroatoms. The van der Waals surface area contributed by atoms with E-state index in [9.17, 15) is 8.42 Å². The lowest BCUT2D eigenvalue weighted by Crippen LogP contribution is -2.44. The smallest absolute Gasteiger partial charge is 0.208 e. The molecule has 6 nitrogen and oxygen atoms in total. The highest BCUT2D eigenvalue weighted by Crippen LogP contribution is 2.40. The molecule has 0 unspecified atom stereocenters. The van der Waals surface area contributed by atoms with Crippen molar-refractivity contribution in [2.75, 3.05) is 24.2 Å². The number of sulfonamides is 1. The van der Waals surface area contributed by atoms with Crippen LogP contribution in [0.4, 0.5) is 5.82 Å². The number of piperidine rings is 1. The number of fused-ring (bicyclic) bond motifs is 3. The van der Waals surface area contributed by atoms with E-state index in [1.54, 1.807) is 17.7 Å². The third kappa shape index (κ3) is 2.95. The van der Waals surface area contributed by atoms with E-state index in [4.69, 9.17) is 0 Å². The summed E-state index contributed by atoms with van der Waals surface area (Å²) in [5.41, 5.74) is 1.44. The zero-order valence-electron chi connectivity index (χ0n) is 13.1. The van der Waals surface area contributed by atoms with Crippen LogP contribution >= 0.6 is 11.3 Å². The maximum absolute atomic E-state index is 11.4. The molecule has 1 N–H and O–H groups in total. The van der Waals surface area contributed by atoms with Gasteiger partial charge in [0.15, 0.2) is 0 Å². The standard InChI is InChI=1S/C15H20N4O2S2/c1-23(20,21)18-10-5-7-19(8-6-10)14-13-11-3-2-4-12(11)22-15(13)17-9-16-14/h9-10,18H,2-8H2,1H3. The van der Waals surface area contributed by atoms with Gasteiger partial charge in [0, 0.05) is 24.0 Å². The second-order valence-corrected chi connectivity index (χ2v) is 9.25. The first-order valence-corrected chi connectivity index (χ1v) is 10.7. The topological polar surface area (TPSA) is 75.2 Å². The first kappa shape index (κ1) is 15.3. The van der Waals surface area contributed by atoms with Gasteiger partial charge in [-0.2, -0.15) is 0 Å². The van der Waals surface area contributed by atoms with Crippen molar-refractivity contribution in [2.24, 2.45) is 0 Å². The number of rotatable bonds is 3. The van der Waals surface area contributed by atoms with Crippen molar-refractivity contribution >= 4 is 37.4 Å². The van der Waals surface area contributed by atoms with Crippen LogP contribution in [0.15, 0.2) is 6.33 Å². The SMILES string of the molecule is CS(=O)(=O)NC1CCN(c2ncnc3sc4c(c23)CCC4)CC1. The molecule has 1 aliphatic heterocycles. The van der Waals surface area contributed by atoms with Gasteiger partial charge in [0.1, 0.15) is 17.0 Å². The number of aromatic nitrogens is 2. The molecule has 23 heavy (non-hydrogen) atoms. The van der Waals surface area contributed by atoms with Gasteiger partial charge in [0.2, 0.25) is 10.0 Å². The van der Waals surface area contributed by atoms with Crippen LogP contribution in [0.5, 0.6) is 0 Å². The Morgan fingerprint density at radius 1 is 1.26 bits per heavy atom. The summed E-state index contributed by atoms with van der Waals surface area (Å²) in [6, 6.07) is 0.0340. The Morgan fingerprint density at radius 3 is 2.78 bits per heavy atom. The lowest BCUT2D eigenvalue weighted by Gasteiger charge is -2.33. The molecule has 2 aromatic rings. The fourth-order valence-electron chi connectivity index (χ4n) is 3.66. The summed E-state index contributed by atoms with van der Waals surface area (Å²) in [5, 5.41) is 1.24. The Balaban J connectivity index is 1.59. The van der Waals surface area contributed by atoms with Gasteiger partial charge in [0.25, 0.3) is 0 Å². The Hall–Kier alpha value is -1.25. The van der Waals surface area contributed by atoms with Crippen LogP contribution in [0, 0.1) is 0 Å². The van der Waals surface area contributed by atoms with Gasteiger partial charge in [-0.05, 0) is 37.7 Å². The molecule has 0 radical (unpaired) electrons. The van der Waals surface area contributed by atoms with Crippen molar-refractivity contribution < 1.29 is 8.42 Å². The van der Waals surface area contributed by atoms with Gasteiger partial charge in [-0.25, -0.2) is 23.1 Å². The van der Waals surface area contributed by atoms with Gasteiger partial charge in [-0.1, -0.05) is 0 Å². The second kappa shape index (κ2) is 5.68. The molecule has 2 aliphatic rings. The molecule has 0 saturated carbocycles. The Bertz CT molecular complexity index is 839. The molecule has 1 fully saturated rings. The number of hydrogen-bond acceptors (Lipinski definition) is 6. The zero-order valence-corrected chi connectivity index (χ0v) is 14.7. The summed E-state index contributed by atoms with van der Waals surface area (Å²) < 4.78 is 25.5. The molecular weight excluding hydrogens is 332 g/mol. The summed E-state index contributed by atoms with van der Waals surface area (Å²) in [6.07, 6.45) is 8.02. The molecule has 124 valence electrons. The molecule has 0 aromatic carbocycles. The molecule has 3 heterocycles. The molecule has 0 bridgehead atoms. The van der Waals surface area contributed by atoms with E-state index in [2.05, 4.69) is 19.6 Å². The minimum absolute atomic E-state index is 0.0340. The molecule has 4 rings (SSSR count). The van der Waals surface area contributed by atoms with Gasteiger partial charge < -0.3 is 4.90 Å². The summed E-state index contributed by atoms with van der Waals surface area (Å²) in [7, 11) is -3.13. The maximum atomic E-state index is 11.4. The van der Waals surface area contributed by atoms with Gasteiger partial charge >= 0.3 is 0 Å². The minimum atomic E-state index is -3.13. The number of aryl methyl sites for hydroxylation is 2. The van der Waals surface area contributed by atoms with Crippen molar-refractivity contribution in [1.82, 2.24) is 14.7 Å². The highest BCUT2D eigenvalue weighted by molar-refractivity contribution is 7.88. The summed E-state index contributed by atoms with van der Waals surface area (Å²) in [6.45, 7) is 1.65. The highest BCUT2D eigenvalue weighted by Gasteiger charge is 2.27. The molecule has 1 saturated heterocycles. The van der Waals surface area contributed by atoms with E-state index < -0.39 is 10.0 Å². The molecule has 0 amide bonds. The first-order chi connectivity index (χ1) is 11.0. The Labute approximate surface area is 140 Å². The Kier molecular flexibility index (Phi) is 3.78. The van der Waals surface area contributed by atoms with E-state index >= 15 is 0 Å². The highest BCUT2D eigenvalue weighted by atomic mass is 32.2. The second-order valence-electron chi connectivity index (χ2n) is 6.39. The molecule has 0 atom stereocenters. The van der Waals surface area contributed by atoms with Gasteiger partial charge in [0.05, 0.1) is 11.6 Å². The van der Waals surface area contributed by atoms with E-state index in [1.807, 2.05) is 0 Å². The van der Waals surface area contributed by atoms with E-state index in [-0.39, 0.29) is 6.04 Å². The van der Waals surface area contributed by atoms with Crippen molar-refractivity contribution in [1.29, 1.82) is 0 Å². The van der Waals surface area contributed by atoms with E-state index in [0.29, 0.717) is 0 Å². The van der Waals surface area contributed by atoms with Crippen LogP contribution in [0.2, 0.25) is 0 Å². The largest absolute Gasteiger partial charge is 0.356 e. The molecule has 1 aliphatic carbocycles. The van der Waals surface area contributed by atoms with Crippen LogP contribution in [0.3, 0.4) is 0 Å². The quantitative estimate of drug-likeness (QED) is 0.910. The van der Waals surface area contributed by atoms with Crippen LogP contribution in [0.25, 0.3) is 10.2 Å². The van der Waals surface area contributed by atoms with Crippen molar-refractivity contribution in [3.8, 4) is 0 Å². The lowest BCUT2D eigenvalue weighted by atomic mass is 10.1. The summed E-state index contributed by atoms with van der Waals surface area (Å²) in [5.74, 6) is 1.03. The summed E-state index contributed by atoms with van der Waals surface area (Å²) >= 11 is 1.80. The van der Waals surface area contributed by atoms with Crippen molar-refractivity contribution in [3.63, 3.8) is 0 Å². The zero-order chi connectivity index (χ0) is 16.0. The number of nitrogens with one attached hydrogen (secondary N) is 1. The minimum Gasteiger partial charge on any atom is -0.356 e.